The molecule has 1 aliphatic heterocycles. The van der Waals surface area contributed by atoms with Crippen molar-refractivity contribution in [1.29, 1.82) is 0 Å². The number of rotatable bonds is 2. The van der Waals surface area contributed by atoms with Gasteiger partial charge in [0.15, 0.2) is 5.65 Å². The number of aromatic nitrogens is 3. The van der Waals surface area contributed by atoms with Crippen LogP contribution >= 0.6 is 0 Å². The minimum Gasteiger partial charge on any atom is -0.332 e. The van der Waals surface area contributed by atoms with Crippen molar-refractivity contribution in [3.63, 3.8) is 0 Å². The van der Waals surface area contributed by atoms with E-state index in [1.807, 2.05) is 31.9 Å². The molecule has 3 aromatic rings. The smallest absolute Gasteiger partial charge is 0.255 e. The van der Waals surface area contributed by atoms with Crippen LogP contribution in [0.2, 0.25) is 0 Å². The van der Waals surface area contributed by atoms with Gasteiger partial charge in [0, 0.05) is 19.3 Å². The summed E-state index contributed by atoms with van der Waals surface area (Å²) in [6.07, 6.45) is 2.04. The van der Waals surface area contributed by atoms with E-state index in [2.05, 4.69) is 42.1 Å². The normalized spacial score (nSPS) is 17.1. The highest BCUT2D eigenvalue weighted by Gasteiger charge is 2.32. The molecule has 1 saturated heterocycles. The lowest BCUT2D eigenvalue weighted by Crippen LogP contribution is -2.31. The molecule has 0 saturated carbocycles. The molecule has 0 bridgehead atoms. The molecule has 0 radical (unpaired) electrons. The zero-order valence-electron chi connectivity index (χ0n) is 16.7. The molecule has 3 heterocycles. The second kappa shape index (κ2) is 6.48. The van der Waals surface area contributed by atoms with Crippen molar-refractivity contribution in [3.05, 3.63) is 57.9 Å². The maximum atomic E-state index is 13.6. The number of amides is 1. The first kappa shape index (κ1) is 17.7. The molecule has 5 nitrogen and oxygen atoms in total. The Morgan fingerprint density at radius 2 is 1.89 bits per heavy atom. The van der Waals surface area contributed by atoms with Gasteiger partial charge in [-0.15, -0.1) is 0 Å². The fourth-order valence-electron chi connectivity index (χ4n) is 4.22. The molecule has 0 aliphatic carbocycles. The third-order valence-corrected chi connectivity index (χ3v) is 5.76. The molecule has 4 rings (SSSR count). The molecule has 27 heavy (non-hydrogen) atoms. The summed E-state index contributed by atoms with van der Waals surface area (Å²) in [5, 5.41) is 5.36. The van der Waals surface area contributed by atoms with Crippen LogP contribution in [0.1, 0.15) is 57.3 Å². The van der Waals surface area contributed by atoms with Crippen molar-refractivity contribution in [2.24, 2.45) is 7.05 Å². The number of hydrogen-bond acceptors (Lipinski definition) is 3. The number of carbonyl (C=O) groups is 1. The van der Waals surface area contributed by atoms with Crippen LogP contribution in [0.4, 0.5) is 0 Å². The first-order valence-electron chi connectivity index (χ1n) is 9.56. The number of nitrogens with zero attached hydrogens (tertiary/aromatic N) is 4. The van der Waals surface area contributed by atoms with E-state index in [9.17, 15) is 4.79 Å². The molecule has 0 spiro atoms. The molecular weight excluding hydrogens is 336 g/mol. The van der Waals surface area contributed by atoms with Crippen molar-refractivity contribution < 1.29 is 4.79 Å². The maximum Gasteiger partial charge on any atom is 0.255 e. The largest absolute Gasteiger partial charge is 0.332 e. The lowest BCUT2D eigenvalue weighted by molar-refractivity contribution is 0.0737. The van der Waals surface area contributed by atoms with Crippen LogP contribution < -0.4 is 0 Å². The first-order valence-corrected chi connectivity index (χ1v) is 9.56. The molecule has 5 heteroatoms. The third kappa shape index (κ3) is 2.91. The highest BCUT2D eigenvalue weighted by Crippen LogP contribution is 2.35. The maximum absolute atomic E-state index is 13.6. The minimum absolute atomic E-state index is 0.0855. The summed E-state index contributed by atoms with van der Waals surface area (Å²) in [4.78, 5) is 20.2. The Balaban J connectivity index is 1.78. The van der Waals surface area contributed by atoms with Crippen molar-refractivity contribution in [2.75, 3.05) is 6.54 Å². The molecule has 1 amide bonds. The molecule has 140 valence electrons. The predicted molar refractivity (Wildman–Crippen MR) is 107 cm³/mol. The van der Waals surface area contributed by atoms with Gasteiger partial charge in [-0.05, 0) is 63.3 Å². The quantitative estimate of drug-likeness (QED) is 0.687. The molecular formula is C22H26N4O. The summed E-state index contributed by atoms with van der Waals surface area (Å²) in [5.41, 5.74) is 6.98. The van der Waals surface area contributed by atoms with Gasteiger partial charge >= 0.3 is 0 Å². The Hall–Kier alpha value is -2.69. The van der Waals surface area contributed by atoms with Gasteiger partial charge in [-0.3, -0.25) is 9.48 Å². The average Bonchev–Trinajstić information content (AvgIpc) is 3.21. The Bertz CT molecular complexity index is 1050. The highest BCUT2D eigenvalue weighted by atomic mass is 16.2. The van der Waals surface area contributed by atoms with E-state index in [1.165, 1.54) is 16.7 Å². The summed E-state index contributed by atoms with van der Waals surface area (Å²) in [7, 11) is 1.88. The molecule has 1 aliphatic rings. The second-order valence-electron chi connectivity index (χ2n) is 7.72. The van der Waals surface area contributed by atoms with Crippen molar-refractivity contribution >= 4 is 16.9 Å². The van der Waals surface area contributed by atoms with Gasteiger partial charge in [-0.25, -0.2) is 4.98 Å². The van der Waals surface area contributed by atoms with Crippen molar-refractivity contribution in [2.45, 2.75) is 46.6 Å². The number of hydrogen-bond donors (Lipinski definition) is 0. The minimum atomic E-state index is 0.0855. The lowest BCUT2D eigenvalue weighted by atomic mass is 9.99. The monoisotopic (exact) mass is 362 g/mol. The lowest BCUT2D eigenvalue weighted by Gasteiger charge is -2.26. The molecule has 1 aromatic carbocycles. The van der Waals surface area contributed by atoms with Crippen LogP contribution in [-0.4, -0.2) is 32.1 Å². The molecule has 2 aromatic heterocycles. The van der Waals surface area contributed by atoms with Crippen LogP contribution in [0.3, 0.4) is 0 Å². The fraction of sp³-hybridized carbons (Fsp3) is 0.409. The van der Waals surface area contributed by atoms with Gasteiger partial charge in [-0.1, -0.05) is 18.2 Å². The number of fused-ring (bicyclic) bond motifs is 1. The molecule has 1 atom stereocenters. The van der Waals surface area contributed by atoms with E-state index in [4.69, 9.17) is 0 Å². The van der Waals surface area contributed by atoms with Gasteiger partial charge in [0.05, 0.1) is 22.7 Å². The van der Waals surface area contributed by atoms with Crippen LogP contribution in [0.15, 0.2) is 24.3 Å². The van der Waals surface area contributed by atoms with Gasteiger partial charge in [-0.2, -0.15) is 5.10 Å². The fourth-order valence-corrected chi connectivity index (χ4v) is 4.22. The van der Waals surface area contributed by atoms with Gasteiger partial charge < -0.3 is 4.90 Å². The number of pyridine rings is 1. The van der Waals surface area contributed by atoms with Crippen LogP contribution in [-0.2, 0) is 7.05 Å². The summed E-state index contributed by atoms with van der Waals surface area (Å²) < 4.78 is 1.76. The van der Waals surface area contributed by atoms with E-state index in [0.717, 1.165) is 47.4 Å². The molecule has 1 unspecified atom stereocenters. The number of benzene rings is 1. The number of carbonyl (C=O) groups excluding carboxylic acids is 1. The van der Waals surface area contributed by atoms with Crippen LogP contribution in [0, 0.1) is 27.7 Å². The Labute approximate surface area is 160 Å². The predicted octanol–water partition coefficient (Wildman–Crippen LogP) is 4.18. The summed E-state index contributed by atoms with van der Waals surface area (Å²) in [6, 6.07) is 8.61. The van der Waals surface area contributed by atoms with E-state index < -0.39 is 0 Å². The summed E-state index contributed by atoms with van der Waals surface area (Å²) >= 11 is 0. The summed E-state index contributed by atoms with van der Waals surface area (Å²) in [5.74, 6) is 0.0855. The molecule has 0 N–H and O–H groups in total. The average molecular weight is 362 g/mol. The summed E-state index contributed by atoms with van der Waals surface area (Å²) in [6.45, 7) is 8.93. The topological polar surface area (TPSA) is 51.0 Å². The van der Waals surface area contributed by atoms with E-state index in [0.29, 0.717) is 0 Å². The van der Waals surface area contributed by atoms with Crippen molar-refractivity contribution in [1.82, 2.24) is 19.7 Å². The second-order valence-corrected chi connectivity index (χ2v) is 7.72. The standard InChI is InChI=1S/C22H26N4O/c1-13-8-9-17(11-14(13)2)19-7-6-10-26(19)22(27)18-12-15(3)23-21-20(18)16(4)24-25(21)5/h8-9,11-12,19H,6-7,10H2,1-5H3. The van der Waals surface area contributed by atoms with Crippen LogP contribution in [0.5, 0.6) is 0 Å². The van der Waals surface area contributed by atoms with Crippen LogP contribution in [0.25, 0.3) is 11.0 Å². The Morgan fingerprint density at radius 3 is 2.63 bits per heavy atom. The zero-order chi connectivity index (χ0) is 19.3. The van der Waals surface area contributed by atoms with E-state index in [-0.39, 0.29) is 11.9 Å². The van der Waals surface area contributed by atoms with Gasteiger partial charge in [0.25, 0.3) is 5.91 Å². The van der Waals surface area contributed by atoms with E-state index in [1.54, 1.807) is 4.68 Å². The zero-order valence-corrected chi connectivity index (χ0v) is 16.7. The first-order chi connectivity index (χ1) is 12.9. The Kier molecular flexibility index (Phi) is 4.25. The number of aryl methyl sites for hydroxylation is 5. The van der Waals surface area contributed by atoms with Gasteiger partial charge in [0.1, 0.15) is 0 Å². The highest BCUT2D eigenvalue weighted by molar-refractivity contribution is 6.06. The SMILES string of the molecule is Cc1cc(C(=O)N2CCCC2c2ccc(C)c(C)c2)c2c(C)nn(C)c2n1. The van der Waals surface area contributed by atoms with E-state index >= 15 is 0 Å². The molecule has 1 fully saturated rings. The van der Waals surface area contributed by atoms with Gasteiger partial charge in [0.2, 0.25) is 0 Å². The number of likely N-dealkylation sites (tertiary alicyclic amines) is 1. The van der Waals surface area contributed by atoms with Crippen molar-refractivity contribution in [3.8, 4) is 0 Å². The third-order valence-electron chi connectivity index (χ3n) is 5.76. The Morgan fingerprint density at radius 1 is 1.11 bits per heavy atom.